The van der Waals surface area contributed by atoms with Crippen molar-refractivity contribution < 1.29 is 5.11 Å². The fourth-order valence-electron chi connectivity index (χ4n) is 1.70. The number of hydrogen-bond acceptors (Lipinski definition) is 3. The van der Waals surface area contributed by atoms with Gasteiger partial charge in [0.2, 0.25) is 0 Å². The van der Waals surface area contributed by atoms with Crippen molar-refractivity contribution in [1.29, 1.82) is 0 Å². The van der Waals surface area contributed by atoms with E-state index in [1.54, 1.807) is 17.5 Å². The van der Waals surface area contributed by atoms with Gasteiger partial charge >= 0.3 is 0 Å². The lowest BCUT2D eigenvalue weighted by Crippen LogP contribution is -2.04. The third-order valence-electron chi connectivity index (χ3n) is 2.64. The highest BCUT2D eigenvalue weighted by Gasteiger charge is 2.07. The molecule has 2 aromatic heterocycles. The summed E-state index contributed by atoms with van der Waals surface area (Å²) in [4.78, 5) is 4.27. The fourth-order valence-corrected chi connectivity index (χ4v) is 2.90. The number of aromatic amines is 1. The van der Waals surface area contributed by atoms with Crippen molar-refractivity contribution in [3.05, 3.63) is 38.5 Å². The SMILES string of the molecule is CCc1ccsc1Cn1c(CO)c[nH]c1=S. The van der Waals surface area contributed by atoms with Gasteiger partial charge in [-0.2, -0.15) is 0 Å². The van der Waals surface area contributed by atoms with Crippen LogP contribution in [0.2, 0.25) is 0 Å². The molecule has 0 atom stereocenters. The van der Waals surface area contributed by atoms with Gasteiger partial charge in [-0.05, 0) is 35.6 Å². The summed E-state index contributed by atoms with van der Waals surface area (Å²) in [5.41, 5.74) is 2.19. The summed E-state index contributed by atoms with van der Waals surface area (Å²) in [5, 5.41) is 11.3. The molecule has 0 saturated carbocycles. The van der Waals surface area contributed by atoms with Gasteiger partial charge in [0, 0.05) is 11.1 Å². The molecule has 16 heavy (non-hydrogen) atoms. The number of nitrogens with one attached hydrogen (secondary N) is 1. The van der Waals surface area contributed by atoms with Gasteiger partial charge in [-0.3, -0.25) is 0 Å². The summed E-state index contributed by atoms with van der Waals surface area (Å²) in [7, 11) is 0. The van der Waals surface area contributed by atoms with Crippen molar-refractivity contribution in [2.45, 2.75) is 26.5 Å². The second-order valence-corrected chi connectivity index (χ2v) is 4.94. The molecule has 0 saturated heterocycles. The average molecular weight is 254 g/mol. The van der Waals surface area contributed by atoms with E-state index in [1.165, 1.54) is 10.4 Å². The third kappa shape index (κ3) is 2.11. The highest BCUT2D eigenvalue weighted by molar-refractivity contribution is 7.71. The van der Waals surface area contributed by atoms with Crippen LogP contribution in [0.25, 0.3) is 0 Å². The maximum atomic E-state index is 9.20. The van der Waals surface area contributed by atoms with Crippen LogP contribution in [0.15, 0.2) is 17.6 Å². The Labute approximate surface area is 103 Å². The molecule has 0 aliphatic rings. The number of aliphatic hydroxyl groups is 1. The molecule has 2 rings (SSSR count). The quantitative estimate of drug-likeness (QED) is 0.824. The van der Waals surface area contributed by atoms with Gasteiger partial charge in [-0.15, -0.1) is 11.3 Å². The molecule has 0 aromatic carbocycles. The Balaban J connectivity index is 2.33. The van der Waals surface area contributed by atoms with E-state index in [4.69, 9.17) is 12.2 Å². The largest absolute Gasteiger partial charge is 0.390 e. The van der Waals surface area contributed by atoms with E-state index in [1.807, 2.05) is 4.57 Å². The Kier molecular flexibility index (Phi) is 3.58. The molecular formula is C11H14N2OS2. The minimum absolute atomic E-state index is 0.0139. The van der Waals surface area contributed by atoms with Gasteiger partial charge in [-0.1, -0.05) is 6.92 Å². The lowest BCUT2D eigenvalue weighted by atomic mass is 10.2. The van der Waals surface area contributed by atoms with E-state index >= 15 is 0 Å². The molecule has 0 aliphatic carbocycles. The van der Waals surface area contributed by atoms with Crippen LogP contribution in [0.1, 0.15) is 23.1 Å². The molecule has 0 spiro atoms. The maximum Gasteiger partial charge on any atom is 0.177 e. The Bertz CT molecular complexity index is 524. The molecule has 0 unspecified atom stereocenters. The number of nitrogens with zero attached hydrogens (tertiary/aromatic N) is 1. The summed E-state index contributed by atoms with van der Waals surface area (Å²) in [6.45, 7) is 2.91. The second-order valence-electron chi connectivity index (χ2n) is 3.55. The highest BCUT2D eigenvalue weighted by Crippen LogP contribution is 2.19. The number of aromatic nitrogens is 2. The molecule has 2 N–H and O–H groups in total. The predicted molar refractivity (Wildman–Crippen MR) is 68.3 cm³/mol. The van der Waals surface area contributed by atoms with E-state index in [0.717, 1.165) is 18.7 Å². The van der Waals surface area contributed by atoms with E-state index in [0.29, 0.717) is 4.77 Å². The Morgan fingerprint density at radius 1 is 1.56 bits per heavy atom. The van der Waals surface area contributed by atoms with Crippen molar-refractivity contribution in [2.75, 3.05) is 0 Å². The van der Waals surface area contributed by atoms with Gasteiger partial charge in [0.1, 0.15) is 0 Å². The Hall–Kier alpha value is -0.910. The molecule has 2 aromatic rings. The molecule has 0 bridgehead atoms. The number of H-pyrrole nitrogens is 1. The van der Waals surface area contributed by atoms with Crippen LogP contribution in [0.5, 0.6) is 0 Å². The van der Waals surface area contributed by atoms with E-state index in [-0.39, 0.29) is 6.61 Å². The van der Waals surface area contributed by atoms with E-state index < -0.39 is 0 Å². The van der Waals surface area contributed by atoms with Crippen molar-refractivity contribution in [3.8, 4) is 0 Å². The van der Waals surface area contributed by atoms with Crippen LogP contribution < -0.4 is 0 Å². The number of aryl methyl sites for hydroxylation is 1. The summed E-state index contributed by atoms with van der Waals surface area (Å²) in [6, 6.07) is 2.15. The molecule has 5 heteroatoms. The molecule has 86 valence electrons. The summed E-state index contributed by atoms with van der Waals surface area (Å²) in [6.07, 6.45) is 2.80. The minimum atomic E-state index is 0.0139. The normalized spacial score (nSPS) is 10.9. The third-order valence-corrected chi connectivity index (χ3v) is 3.92. The zero-order chi connectivity index (χ0) is 11.5. The Morgan fingerprint density at radius 3 is 3.06 bits per heavy atom. The van der Waals surface area contributed by atoms with Crippen LogP contribution in [0.3, 0.4) is 0 Å². The summed E-state index contributed by atoms with van der Waals surface area (Å²) >= 11 is 6.93. The van der Waals surface area contributed by atoms with E-state index in [9.17, 15) is 5.11 Å². The van der Waals surface area contributed by atoms with Crippen LogP contribution in [0, 0.1) is 4.77 Å². The van der Waals surface area contributed by atoms with Gasteiger partial charge in [0.25, 0.3) is 0 Å². The standard InChI is InChI=1S/C11H14N2OS2/c1-2-8-3-4-16-10(8)6-13-9(7-14)5-12-11(13)15/h3-5,14H,2,6-7H2,1H3,(H,12,15). The predicted octanol–water partition coefficient (Wildman–Crippen LogP) is 2.71. The van der Waals surface area contributed by atoms with Gasteiger partial charge in [0.15, 0.2) is 4.77 Å². The lowest BCUT2D eigenvalue weighted by Gasteiger charge is -2.06. The van der Waals surface area contributed by atoms with Crippen LogP contribution in [-0.2, 0) is 19.6 Å². The number of imidazole rings is 1. The zero-order valence-electron chi connectivity index (χ0n) is 9.06. The second kappa shape index (κ2) is 4.95. The first-order valence-corrected chi connectivity index (χ1v) is 6.48. The molecule has 0 aliphatic heterocycles. The summed E-state index contributed by atoms with van der Waals surface area (Å²) < 4.78 is 2.61. The smallest absolute Gasteiger partial charge is 0.177 e. The molecule has 0 fully saturated rings. The van der Waals surface area contributed by atoms with E-state index in [2.05, 4.69) is 23.4 Å². The maximum absolute atomic E-state index is 9.20. The summed E-state index contributed by atoms with van der Waals surface area (Å²) in [5.74, 6) is 0. The zero-order valence-corrected chi connectivity index (χ0v) is 10.7. The fraction of sp³-hybridized carbons (Fsp3) is 0.364. The molecule has 3 nitrogen and oxygen atoms in total. The first-order chi connectivity index (χ1) is 7.76. The molecule has 2 heterocycles. The van der Waals surface area contributed by atoms with Crippen molar-refractivity contribution in [2.24, 2.45) is 0 Å². The number of rotatable bonds is 4. The average Bonchev–Trinajstić information content (AvgIpc) is 2.87. The monoisotopic (exact) mass is 254 g/mol. The topological polar surface area (TPSA) is 41.0 Å². The van der Waals surface area contributed by atoms with Gasteiger partial charge in [0.05, 0.1) is 18.8 Å². The minimum Gasteiger partial charge on any atom is -0.390 e. The van der Waals surface area contributed by atoms with Crippen molar-refractivity contribution in [1.82, 2.24) is 9.55 Å². The molecule has 0 amide bonds. The number of aliphatic hydroxyl groups excluding tert-OH is 1. The van der Waals surface area contributed by atoms with Crippen LogP contribution >= 0.6 is 23.6 Å². The first-order valence-electron chi connectivity index (χ1n) is 5.19. The number of hydrogen-bond donors (Lipinski definition) is 2. The molecular weight excluding hydrogens is 240 g/mol. The van der Waals surface area contributed by atoms with Gasteiger partial charge < -0.3 is 14.7 Å². The van der Waals surface area contributed by atoms with Crippen LogP contribution in [0.4, 0.5) is 0 Å². The highest BCUT2D eigenvalue weighted by atomic mass is 32.1. The van der Waals surface area contributed by atoms with Crippen LogP contribution in [-0.4, -0.2) is 14.7 Å². The lowest BCUT2D eigenvalue weighted by molar-refractivity contribution is 0.271. The van der Waals surface area contributed by atoms with Gasteiger partial charge in [-0.25, -0.2) is 0 Å². The Morgan fingerprint density at radius 2 is 2.38 bits per heavy atom. The molecule has 0 radical (unpaired) electrons. The first kappa shape index (κ1) is 11.6. The van der Waals surface area contributed by atoms with Crippen molar-refractivity contribution >= 4 is 23.6 Å². The van der Waals surface area contributed by atoms with Crippen molar-refractivity contribution in [3.63, 3.8) is 0 Å². The number of thiophene rings is 1.